The monoisotopic (exact) mass is 639 g/mol. The lowest BCUT2D eigenvalue weighted by atomic mass is 10.1. The van der Waals surface area contributed by atoms with Gasteiger partial charge in [0.1, 0.15) is 18.3 Å². The highest BCUT2D eigenvalue weighted by molar-refractivity contribution is 7.92. The summed E-state index contributed by atoms with van der Waals surface area (Å²) in [6.07, 6.45) is -3.34. The van der Waals surface area contributed by atoms with Crippen molar-refractivity contribution in [1.82, 2.24) is 10.2 Å². The van der Waals surface area contributed by atoms with Gasteiger partial charge in [0.15, 0.2) is 0 Å². The fourth-order valence-electron chi connectivity index (χ4n) is 4.18. The summed E-state index contributed by atoms with van der Waals surface area (Å²) in [5, 5.41) is 2.14. The molecule has 3 rings (SSSR count). The number of hydrogen-bond donors (Lipinski definition) is 1. The molecule has 2 amide bonds. The number of benzene rings is 3. The lowest BCUT2D eigenvalue weighted by molar-refractivity contribution is -0.139. The molecule has 13 heteroatoms. The first kappa shape index (κ1) is 33.7. The van der Waals surface area contributed by atoms with Gasteiger partial charge >= 0.3 is 6.18 Å². The Kier molecular flexibility index (Phi) is 11.5. The number of ether oxygens (including phenoxy) is 1. The van der Waals surface area contributed by atoms with Crippen LogP contribution in [0, 0.1) is 0 Å². The Morgan fingerprint density at radius 3 is 2.26 bits per heavy atom. The van der Waals surface area contributed by atoms with Crippen LogP contribution in [0.5, 0.6) is 5.75 Å². The molecular formula is C30H33ClF3N3O5S. The van der Waals surface area contributed by atoms with Crippen LogP contribution in [0.1, 0.15) is 37.8 Å². The zero-order valence-corrected chi connectivity index (χ0v) is 25.5. The number of sulfonamides is 1. The Balaban J connectivity index is 2.07. The molecule has 232 valence electrons. The highest BCUT2D eigenvalue weighted by atomic mass is 35.5. The predicted molar refractivity (Wildman–Crippen MR) is 158 cm³/mol. The first-order valence-corrected chi connectivity index (χ1v) is 15.3. The normalized spacial score (nSPS) is 12.3. The maximum Gasteiger partial charge on any atom is 0.417 e. The molecule has 8 nitrogen and oxygen atoms in total. The first-order chi connectivity index (χ1) is 20.3. The minimum Gasteiger partial charge on any atom is -0.497 e. The van der Waals surface area contributed by atoms with E-state index in [1.165, 1.54) is 43.2 Å². The number of rotatable bonds is 13. The largest absolute Gasteiger partial charge is 0.497 e. The number of nitrogens with zero attached hydrogens (tertiary/aromatic N) is 2. The van der Waals surface area contributed by atoms with Gasteiger partial charge in [-0.15, -0.1) is 0 Å². The smallest absolute Gasteiger partial charge is 0.417 e. The van der Waals surface area contributed by atoms with E-state index < -0.39 is 56.9 Å². The van der Waals surface area contributed by atoms with E-state index >= 15 is 0 Å². The van der Waals surface area contributed by atoms with Crippen molar-refractivity contribution >= 4 is 39.1 Å². The zero-order chi connectivity index (χ0) is 31.8. The second-order valence-electron chi connectivity index (χ2n) is 9.68. The summed E-state index contributed by atoms with van der Waals surface area (Å²) >= 11 is 5.80. The lowest BCUT2D eigenvalue weighted by Crippen LogP contribution is -2.51. The van der Waals surface area contributed by atoms with Crippen LogP contribution in [0.25, 0.3) is 0 Å². The molecular weight excluding hydrogens is 607 g/mol. The van der Waals surface area contributed by atoms with Crippen molar-refractivity contribution in [3.8, 4) is 5.75 Å². The second kappa shape index (κ2) is 14.6. The van der Waals surface area contributed by atoms with E-state index in [9.17, 15) is 31.2 Å². The van der Waals surface area contributed by atoms with Gasteiger partial charge in [0.05, 0.1) is 28.3 Å². The Morgan fingerprint density at radius 2 is 1.67 bits per heavy atom. The quantitative estimate of drug-likeness (QED) is 0.235. The second-order valence-corrected chi connectivity index (χ2v) is 11.9. The van der Waals surface area contributed by atoms with Gasteiger partial charge in [0.25, 0.3) is 10.0 Å². The Hall–Kier alpha value is -3.77. The van der Waals surface area contributed by atoms with E-state index in [2.05, 4.69) is 5.32 Å². The molecule has 0 aromatic heterocycles. The lowest BCUT2D eigenvalue weighted by Gasteiger charge is -2.32. The third kappa shape index (κ3) is 8.64. The van der Waals surface area contributed by atoms with Gasteiger partial charge in [0.2, 0.25) is 11.8 Å². The maximum absolute atomic E-state index is 13.9. The van der Waals surface area contributed by atoms with Crippen LogP contribution in [0.2, 0.25) is 5.02 Å². The number of unbranched alkanes of at least 4 members (excludes halogenated alkanes) is 1. The van der Waals surface area contributed by atoms with Gasteiger partial charge in [-0.3, -0.25) is 13.9 Å². The van der Waals surface area contributed by atoms with Crippen molar-refractivity contribution in [1.29, 1.82) is 0 Å². The number of carbonyl (C=O) groups excluding carboxylic acids is 2. The molecule has 0 saturated carbocycles. The summed E-state index contributed by atoms with van der Waals surface area (Å²) in [5.41, 5.74) is -1.06. The standard InChI is InChI=1S/C30H33ClF3N3O5S/c1-4-5-17-35-29(39)21(2)36(19-22-11-14-24(42-3)15-12-22)28(38)20-37(43(40,41)25-9-7-6-8-10-25)23-13-16-27(31)26(18-23)30(32,33)34/h6-16,18,21H,4-5,17,19-20H2,1-3H3,(H,35,39). The average Bonchev–Trinajstić information content (AvgIpc) is 2.98. The Morgan fingerprint density at radius 1 is 1.02 bits per heavy atom. The van der Waals surface area contributed by atoms with E-state index in [-0.39, 0.29) is 11.4 Å². The fraction of sp³-hybridized carbons (Fsp3) is 0.333. The number of methoxy groups -OCH3 is 1. The van der Waals surface area contributed by atoms with Crippen molar-refractivity contribution in [2.75, 3.05) is 24.5 Å². The maximum atomic E-state index is 13.9. The predicted octanol–water partition coefficient (Wildman–Crippen LogP) is 5.90. The van der Waals surface area contributed by atoms with E-state index in [0.717, 1.165) is 18.6 Å². The van der Waals surface area contributed by atoms with Crippen LogP contribution in [0.4, 0.5) is 18.9 Å². The molecule has 0 saturated heterocycles. The minimum absolute atomic E-state index is 0.0845. The summed E-state index contributed by atoms with van der Waals surface area (Å²) in [7, 11) is -3.05. The van der Waals surface area contributed by atoms with Gasteiger partial charge in [-0.05, 0) is 61.4 Å². The third-order valence-corrected chi connectivity index (χ3v) is 8.78. The SMILES string of the molecule is CCCCNC(=O)C(C)N(Cc1ccc(OC)cc1)C(=O)CN(c1ccc(Cl)c(C(F)(F)F)c1)S(=O)(=O)c1ccccc1. The van der Waals surface area contributed by atoms with Gasteiger partial charge < -0.3 is 15.0 Å². The van der Waals surface area contributed by atoms with Crippen LogP contribution >= 0.6 is 11.6 Å². The van der Waals surface area contributed by atoms with Crippen LogP contribution in [-0.2, 0) is 32.3 Å². The highest BCUT2D eigenvalue weighted by Gasteiger charge is 2.37. The van der Waals surface area contributed by atoms with E-state index in [4.69, 9.17) is 16.3 Å². The van der Waals surface area contributed by atoms with Gasteiger partial charge in [0, 0.05) is 13.1 Å². The molecule has 0 spiro atoms. The molecule has 0 aliphatic heterocycles. The molecule has 43 heavy (non-hydrogen) atoms. The van der Waals surface area contributed by atoms with Crippen molar-refractivity contribution in [3.63, 3.8) is 0 Å². The minimum atomic E-state index is -4.88. The number of carbonyl (C=O) groups is 2. The topological polar surface area (TPSA) is 96.0 Å². The van der Waals surface area contributed by atoms with Crippen molar-refractivity contribution in [3.05, 3.63) is 88.9 Å². The number of anilines is 1. The summed E-state index contributed by atoms with van der Waals surface area (Å²) in [6, 6.07) is 15.3. The zero-order valence-electron chi connectivity index (χ0n) is 23.9. The number of nitrogens with one attached hydrogen (secondary N) is 1. The third-order valence-electron chi connectivity index (χ3n) is 6.66. The fourth-order valence-corrected chi connectivity index (χ4v) is 5.83. The van der Waals surface area contributed by atoms with Crippen molar-refractivity contribution in [2.45, 2.75) is 50.3 Å². The van der Waals surface area contributed by atoms with Crippen LogP contribution < -0.4 is 14.4 Å². The van der Waals surface area contributed by atoms with Crippen molar-refractivity contribution < 1.29 is 35.9 Å². The summed E-state index contributed by atoms with van der Waals surface area (Å²) in [4.78, 5) is 27.9. The number of alkyl halides is 3. The molecule has 1 N–H and O–H groups in total. The molecule has 0 fully saturated rings. The van der Waals surface area contributed by atoms with Crippen LogP contribution in [0.3, 0.4) is 0 Å². The molecule has 0 bridgehead atoms. The van der Waals surface area contributed by atoms with E-state index in [1.807, 2.05) is 6.92 Å². The first-order valence-electron chi connectivity index (χ1n) is 13.4. The highest BCUT2D eigenvalue weighted by Crippen LogP contribution is 2.38. The van der Waals surface area contributed by atoms with Gasteiger partial charge in [-0.25, -0.2) is 8.42 Å². The molecule has 1 unspecified atom stereocenters. The number of halogens is 4. The van der Waals surface area contributed by atoms with E-state index in [0.29, 0.717) is 34.7 Å². The summed E-state index contributed by atoms with van der Waals surface area (Å²) in [6.45, 7) is 2.86. The van der Waals surface area contributed by atoms with Gasteiger partial charge in [-0.2, -0.15) is 13.2 Å². The van der Waals surface area contributed by atoms with E-state index in [1.54, 1.807) is 30.3 Å². The summed E-state index contributed by atoms with van der Waals surface area (Å²) in [5.74, 6) is -0.703. The molecule has 3 aromatic rings. The van der Waals surface area contributed by atoms with Crippen LogP contribution in [0.15, 0.2) is 77.7 Å². The Labute approximate surface area is 254 Å². The molecule has 1 atom stereocenters. The Bertz CT molecular complexity index is 1500. The molecule has 3 aromatic carbocycles. The van der Waals surface area contributed by atoms with Gasteiger partial charge in [-0.1, -0.05) is 55.3 Å². The molecule has 0 aliphatic carbocycles. The summed E-state index contributed by atoms with van der Waals surface area (Å²) < 4.78 is 74.6. The number of hydrogen-bond acceptors (Lipinski definition) is 5. The molecule has 0 radical (unpaired) electrons. The molecule has 0 heterocycles. The van der Waals surface area contributed by atoms with Crippen LogP contribution in [-0.4, -0.2) is 51.4 Å². The van der Waals surface area contributed by atoms with Crippen molar-refractivity contribution in [2.24, 2.45) is 0 Å². The number of amides is 2. The molecule has 0 aliphatic rings. The average molecular weight is 640 g/mol.